The van der Waals surface area contributed by atoms with Crippen LogP contribution in [0.15, 0.2) is 24.3 Å². The van der Waals surface area contributed by atoms with Crippen LogP contribution in [0.5, 0.6) is 0 Å². The molecule has 1 aromatic rings. The van der Waals surface area contributed by atoms with Gasteiger partial charge < -0.3 is 5.32 Å². The molecule has 0 aliphatic heterocycles. The highest BCUT2D eigenvalue weighted by atomic mass is 14.9. The molecule has 1 heteroatoms. The molecule has 0 radical (unpaired) electrons. The predicted octanol–water partition coefficient (Wildman–Crippen LogP) is 3.71. The fraction of sp³-hybridized carbons (Fsp3) is 0.600. The lowest BCUT2D eigenvalue weighted by Crippen LogP contribution is -2.30. The predicted molar refractivity (Wildman–Crippen MR) is 71.9 cm³/mol. The maximum absolute atomic E-state index is 3.63. The standard InChI is InChI=1S/C15H25N/c1-4-6-15(5-2)16-12-11-14-9-7-13(3)8-10-14/h7-10,15-16H,4-6,11-12H2,1-3H3. The second kappa shape index (κ2) is 7.45. The number of aryl methyl sites for hydroxylation is 1. The fourth-order valence-corrected chi connectivity index (χ4v) is 1.97. The quantitative estimate of drug-likeness (QED) is 0.737. The third-order valence-electron chi connectivity index (χ3n) is 3.10. The van der Waals surface area contributed by atoms with Crippen molar-refractivity contribution in [1.29, 1.82) is 0 Å². The van der Waals surface area contributed by atoms with Crippen LogP contribution < -0.4 is 5.32 Å². The van der Waals surface area contributed by atoms with E-state index in [9.17, 15) is 0 Å². The summed E-state index contributed by atoms with van der Waals surface area (Å²) in [5, 5.41) is 3.63. The molecule has 1 N–H and O–H groups in total. The van der Waals surface area contributed by atoms with Crippen molar-refractivity contribution in [2.24, 2.45) is 0 Å². The first-order chi connectivity index (χ1) is 7.76. The van der Waals surface area contributed by atoms with Crippen molar-refractivity contribution in [2.45, 2.75) is 52.5 Å². The van der Waals surface area contributed by atoms with Crippen LogP contribution in [0.4, 0.5) is 0 Å². The molecule has 1 atom stereocenters. The van der Waals surface area contributed by atoms with Crippen LogP contribution in [0.25, 0.3) is 0 Å². The van der Waals surface area contributed by atoms with Crippen molar-refractivity contribution >= 4 is 0 Å². The Morgan fingerprint density at radius 1 is 1.12 bits per heavy atom. The molecule has 16 heavy (non-hydrogen) atoms. The van der Waals surface area contributed by atoms with Crippen LogP contribution in [0.1, 0.15) is 44.2 Å². The third kappa shape index (κ3) is 4.80. The molecule has 90 valence electrons. The van der Waals surface area contributed by atoms with Gasteiger partial charge in [0.1, 0.15) is 0 Å². The van der Waals surface area contributed by atoms with E-state index < -0.39 is 0 Å². The number of benzene rings is 1. The van der Waals surface area contributed by atoms with Crippen molar-refractivity contribution in [3.05, 3.63) is 35.4 Å². The number of hydrogen-bond acceptors (Lipinski definition) is 1. The molecule has 0 fully saturated rings. The summed E-state index contributed by atoms with van der Waals surface area (Å²) in [5.41, 5.74) is 2.78. The zero-order valence-corrected chi connectivity index (χ0v) is 10.9. The lowest BCUT2D eigenvalue weighted by atomic mass is 10.1. The Labute approximate surface area is 100 Å². The first-order valence-electron chi connectivity index (χ1n) is 6.55. The van der Waals surface area contributed by atoms with Gasteiger partial charge in [0, 0.05) is 6.04 Å². The van der Waals surface area contributed by atoms with Crippen LogP contribution in [0, 0.1) is 6.92 Å². The highest BCUT2D eigenvalue weighted by Crippen LogP contribution is 2.05. The first kappa shape index (κ1) is 13.2. The van der Waals surface area contributed by atoms with Crippen molar-refractivity contribution in [2.75, 3.05) is 6.54 Å². The Hall–Kier alpha value is -0.820. The molecular weight excluding hydrogens is 194 g/mol. The van der Waals surface area contributed by atoms with E-state index >= 15 is 0 Å². The number of rotatable bonds is 7. The molecule has 0 heterocycles. The van der Waals surface area contributed by atoms with Crippen molar-refractivity contribution in [3.63, 3.8) is 0 Å². The molecule has 0 aliphatic carbocycles. The minimum atomic E-state index is 0.704. The van der Waals surface area contributed by atoms with Gasteiger partial charge in [-0.25, -0.2) is 0 Å². The maximum Gasteiger partial charge on any atom is 0.00644 e. The van der Waals surface area contributed by atoms with Crippen molar-refractivity contribution < 1.29 is 0 Å². The van der Waals surface area contributed by atoms with Gasteiger partial charge in [-0.15, -0.1) is 0 Å². The van der Waals surface area contributed by atoms with E-state index in [1.54, 1.807) is 0 Å². The molecule has 0 saturated heterocycles. The van der Waals surface area contributed by atoms with Crippen LogP contribution in [0.3, 0.4) is 0 Å². The summed E-state index contributed by atoms with van der Waals surface area (Å²) in [6.07, 6.45) is 4.95. The molecule has 0 aromatic heterocycles. The van der Waals surface area contributed by atoms with E-state index in [0.29, 0.717) is 6.04 Å². The van der Waals surface area contributed by atoms with Gasteiger partial charge >= 0.3 is 0 Å². The zero-order valence-electron chi connectivity index (χ0n) is 10.9. The van der Waals surface area contributed by atoms with E-state index in [0.717, 1.165) is 13.0 Å². The molecule has 1 unspecified atom stereocenters. The molecule has 1 rings (SSSR count). The first-order valence-corrected chi connectivity index (χ1v) is 6.55. The average molecular weight is 219 g/mol. The van der Waals surface area contributed by atoms with E-state index in [-0.39, 0.29) is 0 Å². The molecule has 0 amide bonds. The van der Waals surface area contributed by atoms with Gasteiger partial charge in [0.2, 0.25) is 0 Å². The third-order valence-corrected chi connectivity index (χ3v) is 3.10. The topological polar surface area (TPSA) is 12.0 Å². The summed E-state index contributed by atoms with van der Waals surface area (Å²) in [5.74, 6) is 0. The monoisotopic (exact) mass is 219 g/mol. The Bertz CT molecular complexity index is 276. The summed E-state index contributed by atoms with van der Waals surface area (Å²) < 4.78 is 0. The minimum Gasteiger partial charge on any atom is -0.314 e. The maximum atomic E-state index is 3.63. The molecule has 1 nitrogen and oxygen atoms in total. The lowest BCUT2D eigenvalue weighted by Gasteiger charge is -2.15. The van der Waals surface area contributed by atoms with E-state index in [4.69, 9.17) is 0 Å². The lowest BCUT2D eigenvalue weighted by molar-refractivity contribution is 0.466. The van der Waals surface area contributed by atoms with Gasteiger partial charge in [0.25, 0.3) is 0 Å². The summed E-state index contributed by atoms with van der Waals surface area (Å²) in [6.45, 7) is 7.75. The fourth-order valence-electron chi connectivity index (χ4n) is 1.97. The highest BCUT2D eigenvalue weighted by Gasteiger charge is 2.02. The summed E-state index contributed by atoms with van der Waals surface area (Å²) >= 11 is 0. The summed E-state index contributed by atoms with van der Waals surface area (Å²) in [6, 6.07) is 9.56. The average Bonchev–Trinajstić information content (AvgIpc) is 2.30. The minimum absolute atomic E-state index is 0.704. The van der Waals surface area contributed by atoms with Gasteiger partial charge in [0.15, 0.2) is 0 Å². The molecular formula is C15H25N. The van der Waals surface area contributed by atoms with Gasteiger partial charge in [-0.2, -0.15) is 0 Å². The Morgan fingerprint density at radius 3 is 2.38 bits per heavy atom. The van der Waals surface area contributed by atoms with Gasteiger partial charge in [0.05, 0.1) is 0 Å². The van der Waals surface area contributed by atoms with Crippen molar-refractivity contribution in [1.82, 2.24) is 5.32 Å². The smallest absolute Gasteiger partial charge is 0.00644 e. The van der Waals surface area contributed by atoms with E-state index in [1.807, 2.05) is 0 Å². The second-order valence-electron chi connectivity index (χ2n) is 4.58. The van der Waals surface area contributed by atoms with Gasteiger partial charge in [-0.1, -0.05) is 50.1 Å². The van der Waals surface area contributed by atoms with Crippen LogP contribution in [-0.4, -0.2) is 12.6 Å². The number of nitrogens with one attached hydrogen (secondary N) is 1. The van der Waals surface area contributed by atoms with Crippen molar-refractivity contribution in [3.8, 4) is 0 Å². The van der Waals surface area contributed by atoms with Crippen LogP contribution in [0.2, 0.25) is 0 Å². The molecule has 0 aliphatic rings. The SMILES string of the molecule is CCCC(CC)NCCc1ccc(C)cc1. The second-order valence-corrected chi connectivity index (χ2v) is 4.58. The zero-order chi connectivity index (χ0) is 11.8. The molecule has 0 spiro atoms. The van der Waals surface area contributed by atoms with Crippen LogP contribution in [-0.2, 0) is 6.42 Å². The van der Waals surface area contributed by atoms with Crippen LogP contribution >= 0.6 is 0 Å². The summed E-state index contributed by atoms with van der Waals surface area (Å²) in [4.78, 5) is 0. The Kier molecular flexibility index (Phi) is 6.17. The molecule has 0 bridgehead atoms. The normalized spacial score (nSPS) is 12.7. The van der Waals surface area contributed by atoms with Gasteiger partial charge in [-0.3, -0.25) is 0 Å². The number of hydrogen-bond donors (Lipinski definition) is 1. The highest BCUT2D eigenvalue weighted by molar-refractivity contribution is 5.21. The van der Waals surface area contributed by atoms with E-state index in [2.05, 4.69) is 50.4 Å². The molecule has 0 saturated carbocycles. The Morgan fingerprint density at radius 2 is 1.81 bits per heavy atom. The van der Waals surface area contributed by atoms with E-state index in [1.165, 1.54) is 30.4 Å². The van der Waals surface area contributed by atoms with Gasteiger partial charge in [-0.05, 0) is 38.3 Å². The molecule has 1 aromatic carbocycles. The summed E-state index contributed by atoms with van der Waals surface area (Å²) in [7, 11) is 0. The largest absolute Gasteiger partial charge is 0.314 e. The Balaban J connectivity index is 2.26.